The van der Waals surface area contributed by atoms with Gasteiger partial charge in [-0.2, -0.15) is 0 Å². The van der Waals surface area contributed by atoms with E-state index in [0.29, 0.717) is 16.8 Å². The van der Waals surface area contributed by atoms with Gasteiger partial charge in [0.2, 0.25) is 0 Å². The predicted molar refractivity (Wildman–Crippen MR) is 90.3 cm³/mol. The topological polar surface area (TPSA) is 43.1 Å². The molecule has 104 valence electrons. The maximum absolute atomic E-state index is 12.8. The molecule has 0 spiro atoms. The number of hydrogen-bond acceptors (Lipinski definition) is 2. The number of halogens is 2. The normalized spacial score (nSPS) is 10.7. The van der Waals surface area contributed by atoms with Crippen molar-refractivity contribution >= 4 is 43.3 Å². The number of hydrogen-bond donors (Lipinski definition) is 1. The van der Waals surface area contributed by atoms with Gasteiger partial charge in [0.05, 0.1) is 0 Å². The van der Waals surface area contributed by atoms with Gasteiger partial charge in [0.15, 0.2) is 5.78 Å². The number of aryl methyl sites for hydroxylation is 2. The van der Waals surface area contributed by atoms with Crippen molar-refractivity contribution < 1.29 is 4.79 Å². The fraction of sp³-hybridized carbons (Fsp3) is 0.188. The van der Waals surface area contributed by atoms with Crippen LogP contribution in [0.2, 0.25) is 0 Å². The van der Waals surface area contributed by atoms with Crippen molar-refractivity contribution in [2.75, 3.05) is 5.73 Å². The minimum atomic E-state index is 0.00333. The molecule has 0 fully saturated rings. The van der Waals surface area contributed by atoms with Gasteiger partial charge < -0.3 is 5.73 Å². The number of nitrogens with two attached hydrogens (primary N) is 1. The lowest BCUT2D eigenvalue weighted by Crippen LogP contribution is -2.08. The minimum Gasteiger partial charge on any atom is -0.398 e. The Kier molecular flexibility index (Phi) is 4.35. The molecule has 0 amide bonds. The molecule has 0 saturated carbocycles. The summed E-state index contributed by atoms with van der Waals surface area (Å²) >= 11 is 6.88. The van der Waals surface area contributed by atoms with E-state index in [1.54, 1.807) is 0 Å². The van der Waals surface area contributed by atoms with Crippen LogP contribution in [0, 0.1) is 20.8 Å². The first-order valence-corrected chi connectivity index (χ1v) is 7.77. The number of carbonyl (C=O) groups is 1. The van der Waals surface area contributed by atoms with Gasteiger partial charge in [0.1, 0.15) is 0 Å². The van der Waals surface area contributed by atoms with Gasteiger partial charge in [0, 0.05) is 25.8 Å². The molecule has 2 rings (SSSR count). The van der Waals surface area contributed by atoms with Crippen LogP contribution in [-0.2, 0) is 0 Å². The Labute approximate surface area is 135 Å². The summed E-state index contributed by atoms with van der Waals surface area (Å²) in [6.45, 7) is 5.78. The summed E-state index contributed by atoms with van der Waals surface area (Å²) in [5.74, 6) is 0.00333. The zero-order valence-electron chi connectivity index (χ0n) is 11.6. The lowest BCUT2D eigenvalue weighted by molar-refractivity contribution is 0.103. The summed E-state index contributed by atoms with van der Waals surface area (Å²) in [6.07, 6.45) is 0. The van der Waals surface area contributed by atoms with Crippen LogP contribution in [0.3, 0.4) is 0 Å². The van der Waals surface area contributed by atoms with E-state index in [0.717, 1.165) is 25.6 Å². The van der Waals surface area contributed by atoms with Gasteiger partial charge in [-0.15, -0.1) is 0 Å². The second-order valence-electron chi connectivity index (χ2n) is 4.91. The molecule has 0 unspecified atom stereocenters. The van der Waals surface area contributed by atoms with E-state index >= 15 is 0 Å². The molecule has 4 heteroatoms. The van der Waals surface area contributed by atoms with E-state index < -0.39 is 0 Å². The lowest BCUT2D eigenvalue weighted by Gasteiger charge is -2.12. The van der Waals surface area contributed by atoms with E-state index in [1.165, 1.54) is 0 Å². The Morgan fingerprint density at radius 3 is 2.25 bits per heavy atom. The van der Waals surface area contributed by atoms with E-state index in [4.69, 9.17) is 5.73 Å². The van der Waals surface area contributed by atoms with Crippen LogP contribution in [0.5, 0.6) is 0 Å². The number of benzene rings is 2. The van der Waals surface area contributed by atoms with Crippen LogP contribution in [0.15, 0.2) is 33.2 Å². The Morgan fingerprint density at radius 1 is 0.950 bits per heavy atom. The fourth-order valence-electron chi connectivity index (χ4n) is 2.11. The molecule has 2 N–H and O–H groups in total. The van der Waals surface area contributed by atoms with Gasteiger partial charge in [-0.1, -0.05) is 31.9 Å². The molecule has 2 aromatic carbocycles. The second-order valence-corrected chi connectivity index (χ2v) is 6.68. The summed E-state index contributed by atoms with van der Waals surface area (Å²) in [7, 11) is 0. The van der Waals surface area contributed by atoms with Crippen LogP contribution < -0.4 is 5.73 Å². The Hall–Kier alpha value is -1.13. The summed E-state index contributed by atoms with van der Waals surface area (Å²) < 4.78 is 1.83. The van der Waals surface area contributed by atoms with Crippen molar-refractivity contribution in [3.63, 3.8) is 0 Å². The number of rotatable bonds is 2. The highest BCUT2D eigenvalue weighted by atomic mass is 79.9. The monoisotopic (exact) mass is 395 g/mol. The first kappa shape index (κ1) is 15.3. The first-order valence-electron chi connectivity index (χ1n) is 6.18. The third-order valence-electron chi connectivity index (χ3n) is 3.41. The highest BCUT2D eigenvalue weighted by Gasteiger charge is 2.17. The van der Waals surface area contributed by atoms with Crippen molar-refractivity contribution in [3.8, 4) is 0 Å². The third-order valence-corrected chi connectivity index (χ3v) is 4.72. The molecule has 0 aliphatic rings. The van der Waals surface area contributed by atoms with Crippen molar-refractivity contribution in [1.29, 1.82) is 0 Å². The highest BCUT2D eigenvalue weighted by molar-refractivity contribution is 9.10. The smallest absolute Gasteiger partial charge is 0.193 e. The van der Waals surface area contributed by atoms with Gasteiger partial charge in [-0.3, -0.25) is 4.79 Å². The molecule has 0 radical (unpaired) electrons. The molecule has 0 heterocycles. The Morgan fingerprint density at radius 2 is 1.60 bits per heavy atom. The minimum absolute atomic E-state index is 0.00333. The maximum atomic E-state index is 12.8. The van der Waals surface area contributed by atoms with E-state index in [-0.39, 0.29) is 5.78 Å². The van der Waals surface area contributed by atoms with Crippen LogP contribution in [0.1, 0.15) is 32.6 Å². The van der Waals surface area contributed by atoms with Crippen molar-refractivity contribution in [2.24, 2.45) is 0 Å². The molecule has 2 nitrogen and oxygen atoms in total. The molecule has 0 saturated heterocycles. The predicted octanol–water partition coefficient (Wildman–Crippen LogP) is 4.95. The van der Waals surface area contributed by atoms with Gasteiger partial charge >= 0.3 is 0 Å². The molecule has 0 bridgehead atoms. The van der Waals surface area contributed by atoms with E-state index in [2.05, 4.69) is 31.9 Å². The van der Waals surface area contributed by atoms with Crippen molar-refractivity contribution in [2.45, 2.75) is 20.8 Å². The SMILES string of the molecule is Cc1cc(C(=O)c2cc(Br)cc(N)c2C)c(C)cc1Br. The van der Waals surface area contributed by atoms with Gasteiger partial charge in [0.25, 0.3) is 0 Å². The first-order chi connectivity index (χ1) is 9.31. The van der Waals surface area contributed by atoms with E-state index in [9.17, 15) is 4.79 Å². The molecule has 0 atom stereocenters. The Bertz CT molecular complexity index is 708. The molecular formula is C16H15Br2NO. The largest absolute Gasteiger partial charge is 0.398 e. The fourth-order valence-corrected chi connectivity index (χ4v) is 3.04. The second kappa shape index (κ2) is 5.70. The molecule has 2 aromatic rings. The van der Waals surface area contributed by atoms with Crippen molar-refractivity contribution in [1.82, 2.24) is 0 Å². The quantitative estimate of drug-likeness (QED) is 0.576. The average molecular weight is 397 g/mol. The zero-order chi connectivity index (χ0) is 15.0. The lowest BCUT2D eigenvalue weighted by atomic mass is 9.94. The number of ketones is 1. The van der Waals surface area contributed by atoms with Crippen LogP contribution in [0.25, 0.3) is 0 Å². The average Bonchev–Trinajstić information content (AvgIpc) is 2.37. The summed E-state index contributed by atoms with van der Waals surface area (Å²) in [6, 6.07) is 7.52. The van der Waals surface area contributed by atoms with Crippen molar-refractivity contribution in [3.05, 3.63) is 61.0 Å². The zero-order valence-corrected chi connectivity index (χ0v) is 14.7. The number of anilines is 1. The summed E-state index contributed by atoms with van der Waals surface area (Å²) in [5, 5.41) is 0. The highest BCUT2D eigenvalue weighted by Crippen LogP contribution is 2.28. The molecule has 0 aromatic heterocycles. The standard InChI is InChI=1S/C16H15Br2NO/c1-8-5-14(18)9(2)4-12(8)16(20)13-6-11(17)7-15(19)10(13)3/h4-7H,19H2,1-3H3. The molecule has 0 aliphatic heterocycles. The maximum Gasteiger partial charge on any atom is 0.193 e. The third kappa shape index (κ3) is 2.81. The molecule has 0 aliphatic carbocycles. The Balaban J connectivity index is 2.60. The van der Waals surface area contributed by atoms with Gasteiger partial charge in [-0.25, -0.2) is 0 Å². The van der Waals surface area contributed by atoms with Gasteiger partial charge in [-0.05, 0) is 61.7 Å². The van der Waals surface area contributed by atoms with Crippen LogP contribution in [-0.4, -0.2) is 5.78 Å². The summed E-state index contributed by atoms with van der Waals surface area (Å²) in [4.78, 5) is 12.8. The van der Waals surface area contributed by atoms with Crippen LogP contribution in [0.4, 0.5) is 5.69 Å². The molecule has 20 heavy (non-hydrogen) atoms. The number of carbonyl (C=O) groups excluding carboxylic acids is 1. The molecular weight excluding hydrogens is 382 g/mol. The number of nitrogen functional groups attached to an aromatic ring is 1. The van der Waals surface area contributed by atoms with E-state index in [1.807, 2.05) is 45.0 Å². The summed E-state index contributed by atoms with van der Waals surface area (Å²) in [5.41, 5.74) is 10.7. The van der Waals surface area contributed by atoms with Crippen LogP contribution >= 0.6 is 31.9 Å².